The molecular formula is C9H12INO2S. The second kappa shape index (κ2) is 4.59. The van der Waals surface area contributed by atoms with Crippen molar-refractivity contribution in [1.29, 1.82) is 0 Å². The lowest BCUT2D eigenvalue weighted by Crippen LogP contribution is -2.38. The van der Waals surface area contributed by atoms with Crippen LogP contribution in [0.25, 0.3) is 0 Å². The Morgan fingerprint density at radius 2 is 2.36 bits per heavy atom. The van der Waals surface area contributed by atoms with Gasteiger partial charge in [-0.15, -0.1) is 11.3 Å². The molecule has 0 spiro atoms. The molecule has 0 aliphatic carbocycles. The lowest BCUT2D eigenvalue weighted by atomic mass is 10.1. The maximum Gasteiger partial charge on any atom is 0.252 e. The number of halogens is 1. The minimum Gasteiger partial charge on any atom is -0.389 e. The summed E-state index contributed by atoms with van der Waals surface area (Å²) in [6.07, 6.45) is 0. The summed E-state index contributed by atoms with van der Waals surface area (Å²) < 4.78 is 1.08. The Kier molecular flexibility index (Phi) is 3.91. The predicted octanol–water partition coefficient (Wildman–Crippen LogP) is 1.85. The van der Waals surface area contributed by atoms with Gasteiger partial charge in [-0.3, -0.25) is 4.79 Å². The summed E-state index contributed by atoms with van der Waals surface area (Å²) in [4.78, 5) is 11.5. The number of carbonyl (C=O) groups excluding carboxylic acids is 1. The van der Waals surface area contributed by atoms with E-state index < -0.39 is 5.60 Å². The Balaban J connectivity index is 2.52. The quantitative estimate of drug-likeness (QED) is 0.834. The second-order valence-corrected chi connectivity index (χ2v) is 6.44. The first-order valence-corrected chi connectivity index (χ1v) is 6.09. The predicted molar refractivity (Wildman–Crippen MR) is 65.7 cm³/mol. The minimum atomic E-state index is -0.862. The third-order valence-electron chi connectivity index (χ3n) is 1.51. The summed E-state index contributed by atoms with van der Waals surface area (Å²) in [5.74, 6) is -0.133. The zero-order chi connectivity index (χ0) is 10.8. The molecule has 3 nitrogen and oxygen atoms in total. The molecule has 0 fully saturated rings. The van der Waals surface area contributed by atoms with Gasteiger partial charge in [-0.2, -0.15) is 0 Å². The van der Waals surface area contributed by atoms with Gasteiger partial charge in [0, 0.05) is 11.9 Å². The van der Waals surface area contributed by atoms with Crippen molar-refractivity contribution in [3.63, 3.8) is 0 Å². The highest BCUT2D eigenvalue weighted by Crippen LogP contribution is 2.16. The third kappa shape index (κ3) is 3.93. The van der Waals surface area contributed by atoms with E-state index in [-0.39, 0.29) is 12.5 Å². The number of carbonyl (C=O) groups is 1. The van der Waals surface area contributed by atoms with E-state index in [2.05, 4.69) is 27.9 Å². The molecule has 0 bridgehead atoms. The molecule has 5 heteroatoms. The number of rotatable bonds is 3. The average molecular weight is 325 g/mol. The van der Waals surface area contributed by atoms with Crippen LogP contribution in [-0.2, 0) is 0 Å². The van der Waals surface area contributed by atoms with E-state index in [1.807, 2.05) is 11.4 Å². The van der Waals surface area contributed by atoms with Crippen LogP contribution in [0.4, 0.5) is 0 Å². The van der Waals surface area contributed by atoms with Crippen molar-refractivity contribution < 1.29 is 9.90 Å². The number of amides is 1. The van der Waals surface area contributed by atoms with Gasteiger partial charge in [0.15, 0.2) is 0 Å². The van der Waals surface area contributed by atoms with Crippen LogP contribution in [0.5, 0.6) is 0 Å². The van der Waals surface area contributed by atoms with E-state index in [9.17, 15) is 9.90 Å². The topological polar surface area (TPSA) is 49.3 Å². The van der Waals surface area contributed by atoms with Crippen LogP contribution in [0.15, 0.2) is 11.4 Å². The monoisotopic (exact) mass is 325 g/mol. The SMILES string of the molecule is CC(C)(O)CNC(=O)c1csc(I)c1. The average Bonchev–Trinajstić information content (AvgIpc) is 2.46. The molecule has 0 aromatic carbocycles. The number of hydrogen-bond donors (Lipinski definition) is 2. The van der Waals surface area contributed by atoms with Crippen molar-refractivity contribution in [1.82, 2.24) is 5.32 Å². The van der Waals surface area contributed by atoms with Gasteiger partial charge in [-0.25, -0.2) is 0 Å². The van der Waals surface area contributed by atoms with Crippen LogP contribution in [0, 0.1) is 2.88 Å². The van der Waals surface area contributed by atoms with E-state index in [0.29, 0.717) is 5.56 Å². The van der Waals surface area contributed by atoms with E-state index in [4.69, 9.17) is 0 Å². The molecule has 1 amide bonds. The van der Waals surface area contributed by atoms with Crippen molar-refractivity contribution in [3.05, 3.63) is 19.9 Å². The molecule has 0 saturated heterocycles. The molecule has 0 unspecified atom stereocenters. The summed E-state index contributed by atoms with van der Waals surface area (Å²) in [6.45, 7) is 3.58. The van der Waals surface area contributed by atoms with Crippen LogP contribution in [-0.4, -0.2) is 23.2 Å². The molecule has 1 rings (SSSR count). The normalized spacial score (nSPS) is 11.4. The molecule has 1 aromatic rings. The summed E-state index contributed by atoms with van der Waals surface area (Å²) >= 11 is 3.70. The molecule has 0 radical (unpaired) electrons. The van der Waals surface area contributed by atoms with Crippen LogP contribution < -0.4 is 5.32 Å². The fourth-order valence-electron chi connectivity index (χ4n) is 0.828. The highest BCUT2D eigenvalue weighted by atomic mass is 127. The summed E-state index contributed by atoms with van der Waals surface area (Å²) in [5, 5.41) is 13.9. The number of hydrogen-bond acceptors (Lipinski definition) is 3. The molecule has 0 atom stereocenters. The smallest absolute Gasteiger partial charge is 0.252 e. The lowest BCUT2D eigenvalue weighted by Gasteiger charge is -2.17. The van der Waals surface area contributed by atoms with E-state index in [1.54, 1.807) is 13.8 Å². The summed E-state index contributed by atoms with van der Waals surface area (Å²) in [7, 11) is 0. The highest BCUT2D eigenvalue weighted by Gasteiger charge is 2.15. The Labute approximate surface area is 101 Å². The molecule has 1 heterocycles. The first-order chi connectivity index (χ1) is 6.38. The molecule has 2 N–H and O–H groups in total. The molecule has 0 saturated carbocycles. The van der Waals surface area contributed by atoms with Crippen LogP contribution >= 0.6 is 33.9 Å². The van der Waals surface area contributed by atoms with Gasteiger partial charge in [-0.05, 0) is 42.5 Å². The first-order valence-electron chi connectivity index (χ1n) is 4.13. The molecule has 0 aliphatic heterocycles. The lowest BCUT2D eigenvalue weighted by molar-refractivity contribution is 0.0694. The van der Waals surface area contributed by atoms with Gasteiger partial charge in [0.2, 0.25) is 0 Å². The fraction of sp³-hybridized carbons (Fsp3) is 0.444. The molecule has 78 valence electrons. The van der Waals surface area contributed by atoms with Gasteiger partial charge in [0.05, 0.1) is 14.0 Å². The Bertz CT molecular complexity index is 330. The zero-order valence-corrected chi connectivity index (χ0v) is 11.0. The van der Waals surface area contributed by atoms with E-state index >= 15 is 0 Å². The second-order valence-electron chi connectivity index (χ2n) is 3.63. The van der Waals surface area contributed by atoms with Gasteiger partial charge in [-0.1, -0.05) is 0 Å². The van der Waals surface area contributed by atoms with Gasteiger partial charge < -0.3 is 10.4 Å². The molecule has 0 aliphatic rings. The van der Waals surface area contributed by atoms with Gasteiger partial charge in [0.1, 0.15) is 0 Å². The summed E-state index contributed by atoms with van der Waals surface area (Å²) in [5.41, 5.74) is -0.206. The van der Waals surface area contributed by atoms with Crippen molar-refractivity contribution in [2.45, 2.75) is 19.4 Å². The van der Waals surface area contributed by atoms with Gasteiger partial charge >= 0.3 is 0 Å². The van der Waals surface area contributed by atoms with Crippen molar-refractivity contribution in [2.24, 2.45) is 0 Å². The molecule has 14 heavy (non-hydrogen) atoms. The third-order valence-corrected chi connectivity index (χ3v) is 3.30. The largest absolute Gasteiger partial charge is 0.389 e. The van der Waals surface area contributed by atoms with Crippen molar-refractivity contribution in [3.8, 4) is 0 Å². The van der Waals surface area contributed by atoms with E-state index in [0.717, 1.165) is 2.88 Å². The highest BCUT2D eigenvalue weighted by molar-refractivity contribution is 14.1. The van der Waals surface area contributed by atoms with Crippen molar-refractivity contribution >= 4 is 39.8 Å². The number of aliphatic hydroxyl groups is 1. The van der Waals surface area contributed by atoms with E-state index in [1.165, 1.54) is 11.3 Å². The maximum absolute atomic E-state index is 11.5. The van der Waals surface area contributed by atoms with Gasteiger partial charge in [0.25, 0.3) is 5.91 Å². The number of nitrogens with one attached hydrogen (secondary N) is 1. The standard InChI is InChI=1S/C9H12INO2S/c1-9(2,13)5-11-8(12)6-3-7(10)14-4-6/h3-4,13H,5H2,1-2H3,(H,11,12). The zero-order valence-electron chi connectivity index (χ0n) is 8.00. The van der Waals surface area contributed by atoms with Crippen molar-refractivity contribution in [2.75, 3.05) is 6.54 Å². The van der Waals surface area contributed by atoms with Crippen LogP contribution in [0.1, 0.15) is 24.2 Å². The Morgan fingerprint density at radius 1 is 1.71 bits per heavy atom. The van der Waals surface area contributed by atoms with Crippen LogP contribution in [0.2, 0.25) is 0 Å². The Morgan fingerprint density at radius 3 is 2.79 bits per heavy atom. The molecular weight excluding hydrogens is 313 g/mol. The maximum atomic E-state index is 11.5. The summed E-state index contributed by atoms with van der Waals surface area (Å²) in [6, 6.07) is 1.82. The number of thiophene rings is 1. The fourth-order valence-corrected chi connectivity index (χ4v) is 2.15. The minimum absolute atomic E-state index is 0.133. The Hall–Kier alpha value is -0.140. The first kappa shape index (κ1) is 11.9. The molecule has 1 aromatic heterocycles. The van der Waals surface area contributed by atoms with Crippen LogP contribution in [0.3, 0.4) is 0 Å².